The van der Waals surface area contributed by atoms with E-state index in [1.54, 1.807) is 4.90 Å². The minimum atomic E-state index is -0.546. The number of hydrogen-bond acceptors (Lipinski definition) is 3. The summed E-state index contributed by atoms with van der Waals surface area (Å²) in [5, 5.41) is 3.00. The number of ether oxygens (including phenoxy) is 1. The summed E-state index contributed by atoms with van der Waals surface area (Å²) in [6, 6.07) is 15.2. The second-order valence-corrected chi connectivity index (χ2v) is 9.55. The Bertz CT molecular complexity index is 917. The van der Waals surface area contributed by atoms with Crippen molar-refractivity contribution in [1.29, 1.82) is 0 Å². The highest BCUT2D eigenvalue weighted by molar-refractivity contribution is 5.88. The molecule has 2 aromatic rings. The number of amides is 2. The van der Waals surface area contributed by atoms with Crippen LogP contribution < -0.4 is 10.1 Å². The summed E-state index contributed by atoms with van der Waals surface area (Å²) in [6.07, 6.45) is 2.46. The Labute approximate surface area is 199 Å². The van der Waals surface area contributed by atoms with Crippen molar-refractivity contribution in [3.05, 3.63) is 65.2 Å². The Balaban J connectivity index is 2.26. The average molecular weight is 453 g/mol. The molecule has 0 aromatic heterocycles. The van der Waals surface area contributed by atoms with Crippen molar-refractivity contribution in [3.8, 4) is 5.75 Å². The maximum absolute atomic E-state index is 13.4. The van der Waals surface area contributed by atoms with Gasteiger partial charge in [-0.25, -0.2) is 0 Å². The van der Waals surface area contributed by atoms with Gasteiger partial charge in [0.05, 0.1) is 0 Å². The van der Waals surface area contributed by atoms with E-state index in [2.05, 4.69) is 33.0 Å². The Morgan fingerprint density at radius 3 is 2.33 bits per heavy atom. The van der Waals surface area contributed by atoms with Crippen molar-refractivity contribution in [2.75, 3.05) is 13.2 Å². The zero-order valence-corrected chi connectivity index (χ0v) is 21.1. The molecule has 0 spiro atoms. The minimum absolute atomic E-state index is 0.106. The maximum Gasteiger partial charge on any atom is 0.261 e. The molecule has 0 aliphatic heterocycles. The van der Waals surface area contributed by atoms with E-state index in [0.29, 0.717) is 25.3 Å². The molecule has 0 fully saturated rings. The van der Waals surface area contributed by atoms with E-state index in [9.17, 15) is 9.59 Å². The van der Waals surface area contributed by atoms with E-state index in [1.165, 1.54) is 0 Å². The number of nitrogens with one attached hydrogen (secondary N) is 1. The highest BCUT2D eigenvalue weighted by Crippen LogP contribution is 2.31. The highest BCUT2D eigenvalue weighted by Gasteiger charge is 2.29. The zero-order valence-electron chi connectivity index (χ0n) is 21.1. The van der Waals surface area contributed by atoms with Gasteiger partial charge in [-0.2, -0.15) is 0 Å². The number of rotatable bonds is 11. The summed E-state index contributed by atoms with van der Waals surface area (Å²) in [6.45, 7) is 13.3. The molecule has 0 aliphatic carbocycles. The Morgan fingerprint density at radius 1 is 1.03 bits per heavy atom. The molecule has 2 rings (SSSR count). The van der Waals surface area contributed by atoms with Crippen LogP contribution in [0.25, 0.3) is 0 Å². The SMILES string of the molecule is CCCCNC(=O)[C@@H](CC)N(Cc1ccccc1C)C(=O)COc1ccccc1C(C)(C)C. The fraction of sp³-hybridized carbons (Fsp3) is 0.500. The molecule has 5 nitrogen and oxygen atoms in total. The largest absolute Gasteiger partial charge is 0.483 e. The number of carbonyl (C=O) groups is 2. The Morgan fingerprint density at radius 2 is 1.70 bits per heavy atom. The zero-order chi connectivity index (χ0) is 24.4. The lowest BCUT2D eigenvalue weighted by atomic mass is 9.86. The van der Waals surface area contributed by atoms with Crippen molar-refractivity contribution in [3.63, 3.8) is 0 Å². The monoisotopic (exact) mass is 452 g/mol. The molecule has 2 amide bonds. The molecule has 0 heterocycles. The van der Waals surface area contributed by atoms with Crippen LogP contribution in [0.3, 0.4) is 0 Å². The first-order chi connectivity index (χ1) is 15.7. The van der Waals surface area contributed by atoms with Gasteiger partial charge in [0.15, 0.2) is 6.61 Å². The van der Waals surface area contributed by atoms with E-state index in [4.69, 9.17) is 4.74 Å². The van der Waals surface area contributed by atoms with Gasteiger partial charge in [0.1, 0.15) is 11.8 Å². The molecule has 0 bridgehead atoms. The molecular weight excluding hydrogens is 412 g/mol. The van der Waals surface area contributed by atoms with Gasteiger partial charge < -0.3 is 15.0 Å². The Kier molecular flexibility index (Phi) is 9.95. The van der Waals surface area contributed by atoms with Gasteiger partial charge in [-0.3, -0.25) is 9.59 Å². The van der Waals surface area contributed by atoms with Gasteiger partial charge in [-0.15, -0.1) is 0 Å². The first kappa shape index (κ1) is 26.4. The summed E-state index contributed by atoms with van der Waals surface area (Å²) < 4.78 is 6.02. The fourth-order valence-corrected chi connectivity index (χ4v) is 3.83. The lowest BCUT2D eigenvalue weighted by Crippen LogP contribution is -2.50. The van der Waals surface area contributed by atoms with Crippen LogP contribution in [0.15, 0.2) is 48.5 Å². The van der Waals surface area contributed by atoms with E-state index < -0.39 is 6.04 Å². The molecule has 0 saturated heterocycles. The summed E-state index contributed by atoms with van der Waals surface area (Å²) in [5.41, 5.74) is 3.06. The first-order valence-electron chi connectivity index (χ1n) is 12.0. The maximum atomic E-state index is 13.4. The van der Waals surface area contributed by atoms with Gasteiger partial charge >= 0.3 is 0 Å². The third-order valence-electron chi connectivity index (χ3n) is 5.86. The lowest BCUT2D eigenvalue weighted by molar-refractivity contribution is -0.143. The summed E-state index contributed by atoms with van der Waals surface area (Å²) in [7, 11) is 0. The molecule has 1 atom stereocenters. The number of nitrogens with zero attached hydrogens (tertiary/aromatic N) is 1. The van der Waals surface area contributed by atoms with Crippen LogP contribution in [-0.4, -0.2) is 35.9 Å². The number of hydrogen-bond donors (Lipinski definition) is 1. The molecule has 33 heavy (non-hydrogen) atoms. The molecule has 0 saturated carbocycles. The predicted molar refractivity (Wildman–Crippen MR) is 134 cm³/mol. The third kappa shape index (κ3) is 7.62. The summed E-state index contributed by atoms with van der Waals surface area (Å²) >= 11 is 0. The van der Waals surface area contributed by atoms with Crippen LogP contribution in [0, 0.1) is 6.92 Å². The van der Waals surface area contributed by atoms with Crippen molar-refractivity contribution in [1.82, 2.24) is 10.2 Å². The van der Waals surface area contributed by atoms with Crippen LogP contribution in [-0.2, 0) is 21.5 Å². The molecular formula is C28H40N2O3. The molecule has 0 unspecified atom stereocenters. The summed E-state index contributed by atoms with van der Waals surface area (Å²) in [5.74, 6) is 0.400. The van der Waals surface area contributed by atoms with Crippen molar-refractivity contribution in [2.24, 2.45) is 0 Å². The van der Waals surface area contributed by atoms with E-state index in [0.717, 1.165) is 29.5 Å². The molecule has 0 radical (unpaired) electrons. The molecule has 0 aliphatic rings. The van der Waals surface area contributed by atoms with Crippen LogP contribution in [0.2, 0.25) is 0 Å². The quantitative estimate of drug-likeness (QED) is 0.465. The van der Waals surface area contributed by atoms with E-state index in [1.807, 2.05) is 62.4 Å². The van der Waals surface area contributed by atoms with Crippen LogP contribution in [0.1, 0.15) is 70.6 Å². The molecule has 180 valence electrons. The number of carbonyl (C=O) groups excluding carboxylic acids is 2. The number of benzene rings is 2. The molecule has 1 N–H and O–H groups in total. The fourth-order valence-electron chi connectivity index (χ4n) is 3.83. The first-order valence-corrected chi connectivity index (χ1v) is 12.0. The van der Waals surface area contributed by atoms with E-state index >= 15 is 0 Å². The smallest absolute Gasteiger partial charge is 0.261 e. The Hall–Kier alpha value is -2.82. The number of aryl methyl sites for hydroxylation is 1. The van der Waals surface area contributed by atoms with Crippen molar-refractivity contribution < 1.29 is 14.3 Å². The summed E-state index contributed by atoms with van der Waals surface area (Å²) in [4.78, 5) is 28.1. The van der Waals surface area contributed by atoms with Crippen LogP contribution in [0.5, 0.6) is 5.75 Å². The minimum Gasteiger partial charge on any atom is -0.483 e. The van der Waals surface area contributed by atoms with Crippen molar-refractivity contribution >= 4 is 11.8 Å². The predicted octanol–water partition coefficient (Wildman–Crippen LogP) is 5.40. The number of para-hydroxylation sites is 1. The third-order valence-corrected chi connectivity index (χ3v) is 5.86. The van der Waals surface area contributed by atoms with Gasteiger partial charge in [-0.1, -0.05) is 83.5 Å². The topological polar surface area (TPSA) is 58.6 Å². The molecule has 2 aromatic carbocycles. The van der Waals surface area contributed by atoms with Gasteiger partial charge in [0, 0.05) is 13.1 Å². The van der Waals surface area contributed by atoms with Crippen LogP contribution >= 0.6 is 0 Å². The average Bonchev–Trinajstić information content (AvgIpc) is 2.78. The lowest BCUT2D eigenvalue weighted by Gasteiger charge is -2.31. The normalized spacial score (nSPS) is 12.2. The number of unbranched alkanes of at least 4 members (excludes halogenated alkanes) is 1. The van der Waals surface area contributed by atoms with Crippen LogP contribution in [0.4, 0.5) is 0 Å². The van der Waals surface area contributed by atoms with Gasteiger partial charge in [0.25, 0.3) is 5.91 Å². The second kappa shape index (κ2) is 12.4. The van der Waals surface area contributed by atoms with Gasteiger partial charge in [-0.05, 0) is 47.9 Å². The highest BCUT2D eigenvalue weighted by atomic mass is 16.5. The standard InChI is InChI=1S/C28H40N2O3/c1-7-9-18-29-27(32)24(8-2)30(19-22-15-11-10-14-21(22)3)26(31)20-33-25-17-13-12-16-23(25)28(4,5)6/h10-17,24H,7-9,18-20H2,1-6H3,(H,29,32)/t24-/m1/s1. The second-order valence-electron chi connectivity index (χ2n) is 9.55. The van der Waals surface area contributed by atoms with Crippen molar-refractivity contribution in [2.45, 2.75) is 78.8 Å². The molecule has 5 heteroatoms. The van der Waals surface area contributed by atoms with E-state index in [-0.39, 0.29) is 23.8 Å². The van der Waals surface area contributed by atoms with Gasteiger partial charge in [0.2, 0.25) is 5.91 Å².